The molecule has 0 N–H and O–H groups in total. The van der Waals surface area contributed by atoms with Crippen molar-refractivity contribution >= 4 is 42.2 Å². The van der Waals surface area contributed by atoms with Crippen LogP contribution in [0.2, 0.25) is 5.15 Å². The van der Waals surface area contributed by atoms with E-state index in [-0.39, 0.29) is 4.90 Å². The topological polar surface area (TPSA) is 52.0 Å². The number of halogens is 2. The molecule has 0 spiro atoms. The van der Waals surface area contributed by atoms with Crippen LogP contribution in [0.15, 0.2) is 23.1 Å². The van der Waals surface area contributed by atoms with Crippen molar-refractivity contribution in [1.82, 2.24) is 9.78 Å². The van der Waals surface area contributed by atoms with Crippen molar-refractivity contribution in [2.45, 2.75) is 18.4 Å². The third-order valence-corrected chi connectivity index (χ3v) is 3.98. The van der Waals surface area contributed by atoms with Gasteiger partial charge in [-0.15, -0.1) is 0 Å². The van der Waals surface area contributed by atoms with Crippen LogP contribution in [-0.4, -0.2) is 18.2 Å². The average molecular weight is 279 g/mol. The molecule has 0 atom stereocenters. The summed E-state index contributed by atoms with van der Waals surface area (Å²) in [6.45, 7) is 2.52. The minimum Gasteiger partial charge on any atom is -0.253 e. The summed E-state index contributed by atoms with van der Waals surface area (Å²) in [6.07, 6.45) is 0. The number of nitrogens with zero attached hydrogens (tertiary/aromatic N) is 2. The molecule has 1 aromatic carbocycles. The number of benzene rings is 1. The molecule has 1 aromatic heterocycles. The Labute approximate surface area is 102 Å². The standard InChI is InChI=1S/C9H8Cl2N2O2S/c1-2-13-9(10)7-5-6(16(11,14)15)3-4-8(7)12-13/h3-5H,2H2,1H3. The van der Waals surface area contributed by atoms with Crippen LogP contribution >= 0.6 is 22.3 Å². The van der Waals surface area contributed by atoms with Crippen LogP contribution in [0.5, 0.6) is 0 Å². The molecule has 1 heterocycles. The van der Waals surface area contributed by atoms with E-state index in [9.17, 15) is 8.42 Å². The Morgan fingerprint density at radius 3 is 2.69 bits per heavy atom. The number of aryl methyl sites for hydroxylation is 1. The molecule has 0 radical (unpaired) electrons. The first-order chi connectivity index (χ1) is 7.43. The molecule has 2 rings (SSSR count). The van der Waals surface area contributed by atoms with E-state index in [1.54, 1.807) is 10.7 Å². The highest BCUT2D eigenvalue weighted by Gasteiger charge is 2.14. The molecule has 7 heteroatoms. The van der Waals surface area contributed by atoms with Gasteiger partial charge >= 0.3 is 0 Å². The number of rotatable bonds is 2. The van der Waals surface area contributed by atoms with Crippen LogP contribution in [0.1, 0.15) is 6.92 Å². The van der Waals surface area contributed by atoms with Crippen molar-refractivity contribution in [3.8, 4) is 0 Å². The van der Waals surface area contributed by atoms with Crippen LogP contribution in [0, 0.1) is 0 Å². The van der Waals surface area contributed by atoms with Crippen LogP contribution in [0.3, 0.4) is 0 Å². The van der Waals surface area contributed by atoms with E-state index in [0.717, 1.165) is 0 Å². The third-order valence-electron chi connectivity index (χ3n) is 2.23. The lowest BCUT2D eigenvalue weighted by Gasteiger charge is -1.96. The molecule has 0 fully saturated rings. The van der Waals surface area contributed by atoms with E-state index in [1.807, 2.05) is 6.92 Å². The van der Waals surface area contributed by atoms with Crippen LogP contribution < -0.4 is 0 Å². The number of hydrogen-bond donors (Lipinski definition) is 0. The lowest BCUT2D eigenvalue weighted by atomic mass is 10.3. The molecule has 0 bridgehead atoms. The lowest BCUT2D eigenvalue weighted by molar-refractivity contribution is 0.609. The van der Waals surface area contributed by atoms with Gasteiger partial charge in [-0.2, -0.15) is 5.10 Å². The fraction of sp³-hybridized carbons (Fsp3) is 0.222. The van der Waals surface area contributed by atoms with Gasteiger partial charge in [-0.05, 0) is 25.1 Å². The van der Waals surface area contributed by atoms with Gasteiger partial charge in [0.05, 0.1) is 10.4 Å². The maximum absolute atomic E-state index is 11.2. The molecule has 0 aliphatic carbocycles. The highest BCUT2D eigenvalue weighted by Crippen LogP contribution is 2.27. The maximum atomic E-state index is 11.2. The van der Waals surface area contributed by atoms with Gasteiger partial charge in [0, 0.05) is 22.6 Å². The largest absolute Gasteiger partial charge is 0.261 e. The summed E-state index contributed by atoms with van der Waals surface area (Å²) in [6, 6.07) is 4.43. The van der Waals surface area contributed by atoms with E-state index >= 15 is 0 Å². The Balaban J connectivity index is 2.75. The molecule has 0 saturated heterocycles. The molecule has 0 amide bonds. The van der Waals surface area contributed by atoms with Gasteiger partial charge < -0.3 is 0 Å². The Morgan fingerprint density at radius 1 is 1.44 bits per heavy atom. The van der Waals surface area contributed by atoms with Crippen molar-refractivity contribution in [1.29, 1.82) is 0 Å². The van der Waals surface area contributed by atoms with Gasteiger partial charge in [0.15, 0.2) is 0 Å². The zero-order chi connectivity index (χ0) is 11.9. The summed E-state index contributed by atoms with van der Waals surface area (Å²) in [5.74, 6) is 0. The molecule has 0 aliphatic rings. The molecule has 0 aliphatic heterocycles. The zero-order valence-corrected chi connectivity index (χ0v) is 10.6. The predicted octanol–water partition coefficient (Wildman–Crippen LogP) is 2.64. The maximum Gasteiger partial charge on any atom is 0.261 e. The normalized spacial score (nSPS) is 12.2. The van der Waals surface area contributed by atoms with Crippen molar-refractivity contribution in [2.75, 3.05) is 0 Å². The second-order valence-corrected chi connectivity index (χ2v) is 6.15. The van der Waals surface area contributed by atoms with E-state index in [4.69, 9.17) is 22.3 Å². The fourth-order valence-electron chi connectivity index (χ4n) is 1.44. The fourth-order valence-corrected chi connectivity index (χ4v) is 2.53. The Hall–Kier alpha value is -0.780. The van der Waals surface area contributed by atoms with Gasteiger partial charge in [0.25, 0.3) is 9.05 Å². The summed E-state index contributed by atoms with van der Waals surface area (Å²) in [5, 5.41) is 5.21. The lowest BCUT2D eigenvalue weighted by Crippen LogP contribution is -1.94. The predicted molar refractivity (Wildman–Crippen MR) is 63.5 cm³/mol. The molecule has 16 heavy (non-hydrogen) atoms. The Morgan fingerprint density at radius 2 is 2.12 bits per heavy atom. The first-order valence-corrected chi connectivity index (χ1v) is 7.23. The minimum absolute atomic E-state index is 0.0271. The Kier molecular flexibility index (Phi) is 2.86. The molecule has 4 nitrogen and oxygen atoms in total. The van der Waals surface area contributed by atoms with Crippen molar-refractivity contribution in [3.05, 3.63) is 23.4 Å². The van der Waals surface area contributed by atoms with Gasteiger partial charge in [-0.1, -0.05) is 11.6 Å². The van der Waals surface area contributed by atoms with Crippen LogP contribution in [0.25, 0.3) is 10.9 Å². The summed E-state index contributed by atoms with van der Waals surface area (Å²) >= 11 is 6.04. The molecule has 0 unspecified atom stereocenters. The number of fused-ring (bicyclic) bond motifs is 1. The van der Waals surface area contributed by atoms with E-state index in [1.165, 1.54) is 12.1 Å². The van der Waals surface area contributed by atoms with Crippen molar-refractivity contribution < 1.29 is 8.42 Å². The molecule has 0 saturated carbocycles. The molecular formula is C9H8Cl2N2O2S. The monoisotopic (exact) mass is 278 g/mol. The van der Waals surface area contributed by atoms with E-state index < -0.39 is 9.05 Å². The Bertz CT molecular complexity index is 649. The third kappa shape index (κ3) is 1.90. The van der Waals surface area contributed by atoms with Gasteiger partial charge in [0.1, 0.15) is 5.15 Å². The van der Waals surface area contributed by atoms with Crippen LogP contribution in [0.4, 0.5) is 0 Å². The van der Waals surface area contributed by atoms with Crippen LogP contribution in [-0.2, 0) is 15.6 Å². The minimum atomic E-state index is -3.73. The van der Waals surface area contributed by atoms with E-state index in [0.29, 0.717) is 22.6 Å². The summed E-state index contributed by atoms with van der Waals surface area (Å²) in [7, 11) is 1.52. The van der Waals surface area contributed by atoms with Gasteiger partial charge in [-0.25, -0.2) is 8.42 Å². The molecule has 86 valence electrons. The number of aromatic nitrogens is 2. The van der Waals surface area contributed by atoms with Gasteiger partial charge in [-0.3, -0.25) is 4.68 Å². The first-order valence-electron chi connectivity index (χ1n) is 4.54. The molecular weight excluding hydrogens is 271 g/mol. The van der Waals surface area contributed by atoms with Gasteiger partial charge in [0.2, 0.25) is 0 Å². The number of hydrogen-bond acceptors (Lipinski definition) is 3. The smallest absolute Gasteiger partial charge is 0.253 e. The second kappa shape index (κ2) is 3.91. The summed E-state index contributed by atoms with van der Waals surface area (Å²) in [4.78, 5) is 0.0271. The first kappa shape index (κ1) is 11.7. The van der Waals surface area contributed by atoms with E-state index in [2.05, 4.69) is 5.10 Å². The molecule has 2 aromatic rings. The van der Waals surface area contributed by atoms with Crippen molar-refractivity contribution in [2.24, 2.45) is 0 Å². The quantitative estimate of drug-likeness (QED) is 0.794. The zero-order valence-electron chi connectivity index (χ0n) is 8.31. The van der Waals surface area contributed by atoms with Crippen molar-refractivity contribution in [3.63, 3.8) is 0 Å². The summed E-state index contributed by atoms with van der Waals surface area (Å²) < 4.78 is 23.9. The highest BCUT2D eigenvalue weighted by molar-refractivity contribution is 8.13. The second-order valence-electron chi connectivity index (χ2n) is 3.22. The highest BCUT2D eigenvalue weighted by atomic mass is 35.7. The average Bonchev–Trinajstić information content (AvgIpc) is 2.54. The summed E-state index contributed by atoms with van der Waals surface area (Å²) in [5.41, 5.74) is 0.649. The SMILES string of the molecule is CCn1nc2ccc(S(=O)(=O)Cl)cc2c1Cl.